The molecule has 1 aliphatic carbocycles. The van der Waals surface area contributed by atoms with E-state index in [0.717, 1.165) is 63.4 Å². The number of anilines is 1. The van der Waals surface area contributed by atoms with Crippen LogP contribution in [0, 0.1) is 13.8 Å². The zero-order valence-electron chi connectivity index (χ0n) is 15.9. The summed E-state index contributed by atoms with van der Waals surface area (Å²) in [6, 6.07) is 0.582. The Morgan fingerprint density at radius 1 is 1.14 bits per heavy atom. The third-order valence-corrected chi connectivity index (χ3v) is 8.00. The van der Waals surface area contributed by atoms with Crippen LogP contribution < -0.4 is 5.32 Å². The van der Waals surface area contributed by atoms with Crippen LogP contribution in [0.1, 0.15) is 29.1 Å². The minimum atomic E-state index is 0.582. The van der Waals surface area contributed by atoms with Crippen LogP contribution in [0.2, 0.25) is 0 Å². The first-order valence-corrected chi connectivity index (χ1v) is 12.0. The topological polar surface area (TPSA) is 76.1 Å². The molecule has 0 radical (unpaired) electrons. The first-order chi connectivity index (χ1) is 13.7. The molecule has 0 bridgehead atoms. The van der Waals surface area contributed by atoms with Crippen LogP contribution in [0.25, 0.3) is 10.2 Å². The van der Waals surface area contributed by atoms with Gasteiger partial charge in [0.25, 0.3) is 0 Å². The van der Waals surface area contributed by atoms with Crippen molar-refractivity contribution in [2.45, 2.75) is 48.6 Å². The number of ether oxygens (including phenoxy) is 1. The summed E-state index contributed by atoms with van der Waals surface area (Å²) in [5.41, 5.74) is 1.27. The zero-order chi connectivity index (χ0) is 19.1. The fourth-order valence-corrected chi connectivity index (χ4v) is 6.21. The normalized spacial score (nSPS) is 18.1. The Morgan fingerprint density at radius 2 is 1.96 bits per heavy atom. The molecule has 0 amide bonds. The van der Waals surface area contributed by atoms with E-state index >= 15 is 0 Å². The molecule has 1 saturated carbocycles. The van der Waals surface area contributed by atoms with Crippen LogP contribution in [0.3, 0.4) is 0 Å². The third-order valence-electron chi connectivity index (χ3n) is 5.01. The fourth-order valence-electron chi connectivity index (χ4n) is 3.15. The van der Waals surface area contributed by atoms with Gasteiger partial charge in [-0.2, -0.15) is 0 Å². The van der Waals surface area contributed by atoms with E-state index in [2.05, 4.69) is 34.3 Å². The van der Waals surface area contributed by atoms with Crippen molar-refractivity contribution in [1.29, 1.82) is 0 Å². The Labute approximate surface area is 175 Å². The first-order valence-electron chi connectivity index (χ1n) is 9.50. The summed E-state index contributed by atoms with van der Waals surface area (Å²) in [6.45, 7) is 8.49. The number of aromatic nitrogens is 4. The van der Waals surface area contributed by atoms with Gasteiger partial charge in [0, 0.05) is 29.4 Å². The molecule has 3 aromatic heterocycles. The molecule has 0 spiro atoms. The van der Waals surface area contributed by atoms with E-state index in [1.54, 1.807) is 34.4 Å². The zero-order valence-corrected chi connectivity index (χ0v) is 18.3. The van der Waals surface area contributed by atoms with Gasteiger partial charge in [0.15, 0.2) is 4.34 Å². The molecule has 7 nitrogen and oxygen atoms in total. The average Bonchev–Trinajstić information content (AvgIpc) is 3.31. The summed E-state index contributed by atoms with van der Waals surface area (Å²) in [5.74, 6) is 0.874. The van der Waals surface area contributed by atoms with Crippen LogP contribution in [0.15, 0.2) is 9.37 Å². The summed E-state index contributed by atoms with van der Waals surface area (Å²) >= 11 is 4.96. The Morgan fingerprint density at radius 3 is 2.75 bits per heavy atom. The molecule has 5 rings (SSSR count). The predicted octanol–water partition coefficient (Wildman–Crippen LogP) is 3.72. The number of fused-ring (bicyclic) bond motifs is 1. The van der Waals surface area contributed by atoms with E-state index in [0.29, 0.717) is 6.04 Å². The highest BCUT2D eigenvalue weighted by atomic mass is 32.2. The molecule has 0 atom stereocenters. The van der Waals surface area contributed by atoms with Gasteiger partial charge in [-0.05, 0) is 44.0 Å². The molecule has 10 heteroatoms. The number of hydrogen-bond acceptors (Lipinski definition) is 10. The molecule has 4 heterocycles. The van der Waals surface area contributed by atoms with Gasteiger partial charge in [0.2, 0.25) is 5.13 Å². The molecular weight excluding hydrogens is 412 g/mol. The number of aryl methyl sites for hydroxylation is 2. The van der Waals surface area contributed by atoms with Gasteiger partial charge >= 0.3 is 0 Å². The standard InChI is InChI=1S/C18H22N6OS3/c1-10-11(2)26-15-14(10)16(21-13(20-15)9-24-5-7-25-8-6-24)27-18-23-22-17(28-18)19-12-3-4-12/h12H,3-9H2,1-2H3,(H,19,22). The maximum absolute atomic E-state index is 5.46. The van der Waals surface area contributed by atoms with Gasteiger partial charge in [-0.15, -0.1) is 21.5 Å². The van der Waals surface area contributed by atoms with Crippen LogP contribution >= 0.6 is 34.4 Å². The molecule has 0 unspecified atom stereocenters. The highest BCUT2D eigenvalue weighted by Crippen LogP contribution is 2.40. The van der Waals surface area contributed by atoms with Gasteiger partial charge < -0.3 is 10.1 Å². The number of morpholine rings is 1. The van der Waals surface area contributed by atoms with Crippen molar-refractivity contribution < 1.29 is 4.74 Å². The number of rotatable bonds is 6. The molecule has 0 aromatic carbocycles. The minimum absolute atomic E-state index is 0.582. The van der Waals surface area contributed by atoms with Crippen LogP contribution in [-0.4, -0.2) is 57.4 Å². The number of thiophene rings is 1. The summed E-state index contributed by atoms with van der Waals surface area (Å²) in [5, 5.41) is 15.1. The van der Waals surface area contributed by atoms with E-state index in [-0.39, 0.29) is 0 Å². The van der Waals surface area contributed by atoms with Crippen molar-refractivity contribution >= 4 is 49.8 Å². The quantitative estimate of drug-likeness (QED) is 0.589. The van der Waals surface area contributed by atoms with Crippen LogP contribution in [0.5, 0.6) is 0 Å². The molecule has 2 aliphatic rings. The van der Waals surface area contributed by atoms with Gasteiger partial charge in [-0.25, -0.2) is 9.97 Å². The molecule has 148 valence electrons. The minimum Gasteiger partial charge on any atom is -0.379 e. The average molecular weight is 435 g/mol. The second-order valence-corrected chi connectivity index (χ2v) is 10.6. The highest BCUT2D eigenvalue weighted by molar-refractivity contribution is 8.01. The fraction of sp³-hybridized carbons (Fsp3) is 0.556. The first kappa shape index (κ1) is 18.7. The molecular formula is C18H22N6OS3. The van der Waals surface area contributed by atoms with Crippen molar-refractivity contribution in [2.24, 2.45) is 0 Å². The van der Waals surface area contributed by atoms with Gasteiger partial charge in [-0.3, -0.25) is 4.90 Å². The molecule has 1 N–H and O–H groups in total. The molecule has 28 heavy (non-hydrogen) atoms. The van der Waals surface area contributed by atoms with Gasteiger partial charge in [0.1, 0.15) is 15.7 Å². The lowest BCUT2D eigenvalue weighted by atomic mass is 10.2. The Bertz CT molecular complexity index is 993. The van der Waals surface area contributed by atoms with E-state index < -0.39 is 0 Å². The van der Waals surface area contributed by atoms with Crippen molar-refractivity contribution in [1.82, 2.24) is 25.1 Å². The van der Waals surface area contributed by atoms with E-state index in [9.17, 15) is 0 Å². The van der Waals surface area contributed by atoms with Gasteiger partial charge in [0.05, 0.1) is 19.8 Å². The van der Waals surface area contributed by atoms with Crippen molar-refractivity contribution in [3.8, 4) is 0 Å². The van der Waals surface area contributed by atoms with Crippen LogP contribution in [-0.2, 0) is 11.3 Å². The smallest absolute Gasteiger partial charge is 0.206 e. The molecule has 2 fully saturated rings. The Balaban J connectivity index is 1.45. The Hall–Kier alpha value is -1.33. The summed E-state index contributed by atoms with van der Waals surface area (Å²) in [6.07, 6.45) is 2.46. The second kappa shape index (κ2) is 7.83. The lowest BCUT2D eigenvalue weighted by Gasteiger charge is -2.25. The van der Waals surface area contributed by atoms with E-state index in [4.69, 9.17) is 14.7 Å². The second-order valence-electron chi connectivity index (χ2n) is 7.19. The SMILES string of the molecule is Cc1sc2nc(CN3CCOCC3)nc(Sc3nnc(NC4CC4)s3)c2c1C. The predicted molar refractivity (Wildman–Crippen MR) is 114 cm³/mol. The summed E-state index contributed by atoms with van der Waals surface area (Å²) < 4.78 is 6.38. The van der Waals surface area contributed by atoms with Crippen molar-refractivity contribution in [2.75, 3.05) is 31.6 Å². The third kappa shape index (κ3) is 4.02. The molecule has 1 aliphatic heterocycles. The lowest BCUT2D eigenvalue weighted by molar-refractivity contribution is 0.0330. The van der Waals surface area contributed by atoms with E-state index in [1.165, 1.54) is 23.3 Å². The summed E-state index contributed by atoms with van der Waals surface area (Å²) in [7, 11) is 0. The maximum Gasteiger partial charge on any atom is 0.206 e. The largest absolute Gasteiger partial charge is 0.379 e. The highest BCUT2D eigenvalue weighted by Gasteiger charge is 2.23. The monoisotopic (exact) mass is 434 g/mol. The number of nitrogens with one attached hydrogen (secondary N) is 1. The molecule has 3 aromatic rings. The molecule has 1 saturated heterocycles. The maximum atomic E-state index is 5.46. The summed E-state index contributed by atoms with van der Waals surface area (Å²) in [4.78, 5) is 14.5. The Kier molecular flexibility index (Phi) is 5.22. The van der Waals surface area contributed by atoms with E-state index in [1.807, 2.05) is 0 Å². The lowest BCUT2D eigenvalue weighted by Crippen LogP contribution is -2.36. The van der Waals surface area contributed by atoms with Crippen molar-refractivity contribution in [3.05, 3.63) is 16.3 Å². The number of nitrogens with zero attached hydrogens (tertiary/aromatic N) is 5. The van der Waals surface area contributed by atoms with Crippen molar-refractivity contribution in [3.63, 3.8) is 0 Å². The van der Waals surface area contributed by atoms with Crippen LogP contribution in [0.4, 0.5) is 5.13 Å². The van der Waals surface area contributed by atoms with Gasteiger partial charge in [-0.1, -0.05) is 11.3 Å². The number of hydrogen-bond donors (Lipinski definition) is 1.